The number of hydrogen-bond donors (Lipinski definition) is 1. The molecule has 0 saturated heterocycles. The lowest BCUT2D eigenvalue weighted by Crippen LogP contribution is -2.77. The van der Waals surface area contributed by atoms with Crippen molar-refractivity contribution in [2.75, 3.05) is 5.32 Å². The Morgan fingerprint density at radius 2 is 1.78 bits per heavy atom. The number of rotatable bonds is 14. The second-order valence-electron chi connectivity index (χ2n) is 15.1. The third kappa shape index (κ3) is 5.71. The summed E-state index contributed by atoms with van der Waals surface area (Å²) >= 11 is 2.66. The van der Waals surface area contributed by atoms with E-state index in [1.807, 2.05) is 0 Å². The van der Waals surface area contributed by atoms with Gasteiger partial charge in [-0.25, -0.2) is 0 Å². The lowest BCUT2D eigenvalue weighted by molar-refractivity contribution is -0.225. The van der Waals surface area contributed by atoms with Crippen LogP contribution in [0.2, 0.25) is 0 Å². The highest BCUT2D eigenvalue weighted by Gasteiger charge is 2.68. The highest BCUT2D eigenvalue weighted by atomic mass is 127. The van der Waals surface area contributed by atoms with E-state index in [0.29, 0.717) is 22.9 Å². The number of aryl methyl sites for hydroxylation is 2. The van der Waals surface area contributed by atoms with Gasteiger partial charge in [0.1, 0.15) is 0 Å². The van der Waals surface area contributed by atoms with Gasteiger partial charge in [-0.2, -0.15) is 0 Å². The molecule has 0 spiro atoms. The van der Waals surface area contributed by atoms with Gasteiger partial charge in [0, 0.05) is 38.3 Å². The number of alkyl halides is 1. The molecule has 4 saturated carbocycles. The molecule has 1 N–H and O–H groups in total. The Kier molecular flexibility index (Phi) is 9.96. The third-order valence-electron chi connectivity index (χ3n) is 12.6. The number of nitrogens with one attached hydrogen (secondary N) is 1. The van der Waals surface area contributed by atoms with Crippen molar-refractivity contribution in [3.63, 3.8) is 0 Å². The standard InChI is InChI=1S/C38H61IN2/c1-9-12-34(29(8)35(11-3)40-36-16-13-25(4)21-31(36)10-2)38(20-18-27(38)6)41(33-14-15-33)37(19-17-26(37)5)32-23-30(24-32)22-28(7)39/h11,13,16,21,26-30,32-34,40H,9-10,12,14-15,17-20,22-24H2,1-8H3. The van der Waals surface area contributed by atoms with Crippen molar-refractivity contribution in [2.45, 2.75) is 153 Å². The fourth-order valence-corrected chi connectivity index (χ4v) is 10.8. The maximum absolute atomic E-state index is 4.02. The van der Waals surface area contributed by atoms with Crippen molar-refractivity contribution in [1.82, 2.24) is 4.90 Å². The van der Waals surface area contributed by atoms with E-state index in [1.165, 1.54) is 93.1 Å². The van der Waals surface area contributed by atoms with Crippen LogP contribution < -0.4 is 5.32 Å². The molecule has 1 aromatic rings. The first-order valence-corrected chi connectivity index (χ1v) is 18.8. The minimum absolute atomic E-state index is 0.351. The highest BCUT2D eigenvalue weighted by Crippen LogP contribution is 2.66. The minimum Gasteiger partial charge on any atom is -0.359 e. The van der Waals surface area contributed by atoms with Crippen LogP contribution >= 0.6 is 22.6 Å². The molecule has 5 rings (SSSR count). The van der Waals surface area contributed by atoms with Crippen LogP contribution in [0.25, 0.3) is 0 Å². The molecule has 2 nitrogen and oxygen atoms in total. The molecule has 4 aliphatic rings. The molecule has 0 aromatic heterocycles. The van der Waals surface area contributed by atoms with Gasteiger partial charge in [0.05, 0.1) is 0 Å². The van der Waals surface area contributed by atoms with Crippen LogP contribution in [0.1, 0.15) is 130 Å². The van der Waals surface area contributed by atoms with E-state index >= 15 is 0 Å². The zero-order valence-corrected chi connectivity index (χ0v) is 29.9. The van der Waals surface area contributed by atoms with E-state index in [1.54, 1.807) is 0 Å². The van der Waals surface area contributed by atoms with E-state index in [2.05, 4.69) is 112 Å². The van der Waals surface area contributed by atoms with Gasteiger partial charge in [-0.15, -0.1) is 0 Å². The second kappa shape index (κ2) is 12.8. The maximum Gasteiger partial charge on any atom is 0.0414 e. The summed E-state index contributed by atoms with van der Waals surface area (Å²) in [6, 6.07) is 7.81. The summed E-state index contributed by atoms with van der Waals surface area (Å²) in [5.41, 5.74) is 6.38. The summed E-state index contributed by atoms with van der Waals surface area (Å²) < 4.78 is 0.814. The average Bonchev–Trinajstić information content (AvgIpc) is 3.76. The smallest absolute Gasteiger partial charge is 0.0414 e. The average molecular weight is 673 g/mol. The Balaban J connectivity index is 1.49. The third-order valence-corrected chi connectivity index (χ3v) is 13.1. The van der Waals surface area contributed by atoms with Gasteiger partial charge in [-0.1, -0.05) is 94.3 Å². The van der Waals surface area contributed by atoms with Crippen molar-refractivity contribution >= 4 is 28.3 Å². The first-order valence-electron chi connectivity index (χ1n) is 17.6. The van der Waals surface area contributed by atoms with Crippen molar-refractivity contribution in [3.8, 4) is 0 Å². The predicted molar refractivity (Wildman–Crippen MR) is 187 cm³/mol. The molecule has 4 fully saturated rings. The van der Waals surface area contributed by atoms with E-state index < -0.39 is 0 Å². The number of benzene rings is 1. The summed E-state index contributed by atoms with van der Waals surface area (Å²) in [5.74, 6) is 4.76. The van der Waals surface area contributed by atoms with Crippen LogP contribution in [-0.4, -0.2) is 25.9 Å². The lowest BCUT2D eigenvalue weighted by atomic mass is 9.47. The monoisotopic (exact) mass is 672 g/mol. The summed E-state index contributed by atoms with van der Waals surface area (Å²) in [6.45, 7) is 19.5. The molecule has 41 heavy (non-hydrogen) atoms. The van der Waals surface area contributed by atoms with E-state index in [0.717, 1.165) is 40.1 Å². The molecule has 3 heteroatoms. The fraction of sp³-hybridized carbons (Fsp3) is 0.789. The van der Waals surface area contributed by atoms with E-state index in [4.69, 9.17) is 0 Å². The molecule has 1 aromatic carbocycles. The number of anilines is 1. The second-order valence-corrected chi connectivity index (χ2v) is 17.2. The van der Waals surface area contributed by atoms with Gasteiger partial charge in [0.2, 0.25) is 0 Å². The van der Waals surface area contributed by atoms with Crippen molar-refractivity contribution in [1.29, 1.82) is 0 Å². The van der Waals surface area contributed by atoms with Crippen LogP contribution in [0.4, 0.5) is 5.69 Å². The summed E-state index contributed by atoms with van der Waals surface area (Å²) in [5, 5.41) is 4.02. The molecule has 7 atom stereocenters. The Bertz CT molecular complexity index is 1070. The molecule has 0 bridgehead atoms. The van der Waals surface area contributed by atoms with Crippen LogP contribution in [0.15, 0.2) is 30.0 Å². The molecule has 7 unspecified atom stereocenters. The highest BCUT2D eigenvalue weighted by molar-refractivity contribution is 14.1. The van der Waals surface area contributed by atoms with Gasteiger partial charge in [-0.05, 0) is 126 Å². The van der Waals surface area contributed by atoms with Crippen molar-refractivity contribution in [2.24, 2.45) is 35.5 Å². The Labute approximate surface area is 267 Å². The van der Waals surface area contributed by atoms with Crippen LogP contribution in [-0.2, 0) is 6.42 Å². The number of halogens is 1. The molecule has 0 radical (unpaired) electrons. The van der Waals surface area contributed by atoms with Gasteiger partial charge in [0.25, 0.3) is 0 Å². The molecule has 0 aliphatic heterocycles. The topological polar surface area (TPSA) is 15.3 Å². The Morgan fingerprint density at radius 3 is 2.24 bits per heavy atom. The zero-order valence-electron chi connectivity index (χ0n) is 27.7. The summed E-state index contributed by atoms with van der Waals surface area (Å²) in [4.78, 5) is 3.35. The molecular formula is C38H61IN2. The Morgan fingerprint density at radius 1 is 1.07 bits per heavy atom. The lowest BCUT2D eigenvalue weighted by Gasteiger charge is -2.73. The predicted octanol–water partition coefficient (Wildman–Crippen LogP) is 11.0. The molecule has 0 amide bonds. The maximum atomic E-state index is 4.02. The molecule has 4 aliphatic carbocycles. The summed E-state index contributed by atoms with van der Waals surface area (Å²) in [6.07, 6.45) is 19.1. The van der Waals surface area contributed by atoms with Gasteiger partial charge in [0.15, 0.2) is 0 Å². The van der Waals surface area contributed by atoms with Crippen molar-refractivity contribution < 1.29 is 0 Å². The Hall–Kier alpha value is -0.550. The van der Waals surface area contributed by atoms with Crippen molar-refractivity contribution in [3.05, 3.63) is 41.1 Å². The van der Waals surface area contributed by atoms with Crippen LogP contribution in [0, 0.1) is 42.4 Å². The zero-order chi connectivity index (χ0) is 29.5. The van der Waals surface area contributed by atoms with E-state index in [-0.39, 0.29) is 0 Å². The first kappa shape index (κ1) is 31.9. The largest absolute Gasteiger partial charge is 0.359 e. The number of nitrogens with zero attached hydrogens (tertiary/aromatic N) is 1. The van der Waals surface area contributed by atoms with Gasteiger partial charge < -0.3 is 5.32 Å². The molecule has 230 valence electrons. The quantitative estimate of drug-likeness (QED) is 0.156. The molecular weight excluding hydrogens is 611 g/mol. The van der Waals surface area contributed by atoms with Gasteiger partial charge >= 0.3 is 0 Å². The number of hydrogen-bond acceptors (Lipinski definition) is 2. The molecule has 0 heterocycles. The number of allylic oxidation sites excluding steroid dienone is 2. The summed E-state index contributed by atoms with van der Waals surface area (Å²) in [7, 11) is 0. The first-order chi connectivity index (χ1) is 19.6. The van der Waals surface area contributed by atoms with E-state index in [9.17, 15) is 0 Å². The van der Waals surface area contributed by atoms with Crippen LogP contribution in [0.3, 0.4) is 0 Å². The van der Waals surface area contributed by atoms with Crippen LogP contribution in [0.5, 0.6) is 0 Å². The SMILES string of the molecule is CC=C(Nc1ccc(C)cc1CC)C(C)C(CCC)C1(N(C2CC2)C2(C3CC(CC(C)I)C3)CCC2C)CCC1C. The normalized spacial score (nSPS) is 35.7. The minimum atomic E-state index is 0.351. The van der Waals surface area contributed by atoms with Gasteiger partial charge in [-0.3, -0.25) is 4.90 Å². The fourth-order valence-electron chi connectivity index (χ4n) is 10.1.